The van der Waals surface area contributed by atoms with E-state index in [-0.39, 0.29) is 24.2 Å². The van der Waals surface area contributed by atoms with Gasteiger partial charge in [0.05, 0.1) is 11.6 Å². The Kier molecular flexibility index (Phi) is 5.75. The number of halogens is 1. The molecule has 1 unspecified atom stereocenters. The molecular formula is C14H18ClN5O2S. The number of H-pyrrole nitrogens is 1. The first kappa shape index (κ1) is 17.5. The van der Waals surface area contributed by atoms with Gasteiger partial charge in [-0.15, -0.1) is 23.7 Å². The second kappa shape index (κ2) is 7.58. The van der Waals surface area contributed by atoms with Crippen LogP contribution in [0.2, 0.25) is 0 Å². The van der Waals surface area contributed by atoms with Crippen molar-refractivity contribution in [1.29, 1.82) is 0 Å². The van der Waals surface area contributed by atoms with Crippen LogP contribution in [-0.4, -0.2) is 34.9 Å². The third kappa shape index (κ3) is 4.10. The number of hydrogen-bond acceptors (Lipinski definition) is 5. The molecule has 2 amide bonds. The number of hydrogen-bond donors (Lipinski definition) is 4. The highest BCUT2D eigenvalue weighted by molar-refractivity contribution is 7.14. The zero-order valence-electron chi connectivity index (χ0n) is 12.3. The van der Waals surface area contributed by atoms with Gasteiger partial charge in [-0.1, -0.05) is 0 Å². The number of nitrogens with two attached hydrogens (primary N) is 1. The Hall–Kier alpha value is -1.90. The Morgan fingerprint density at radius 3 is 2.91 bits per heavy atom. The van der Waals surface area contributed by atoms with E-state index in [1.807, 2.05) is 5.38 Å². The lowest BCUT2D eigenvalue weighted by Crippen LogP contribution is -2.37. The van der Waals surface area contributed by atoms with Gasteiger partial charge in [0.2, 0.25) is 5.91 Å². The number of amides is 2. The number of aromatic nitrogens is 2. The minimum Gasteiger partial charge on any atom is -0.364 e. The second-order valence-corrected chi connectivity index (χ2v) is 6.09. The van der Waals surface area contributed by atoms with Crippen LogP contribution >= 0.6 is 23.7 Å². The average Bonchev–Trinajstić information content (AvgIpc) is 3.16. The molecule has 5 N–H and O–H groups in total. The summed E-state index contributed by atoms with van der Waals surface area (Å²) in [6.07, 6.45) is 3.59. The number of rotatable bonds is 4. The van der Waals surface area contributed by atoms with E-state index >= 15 is 0 Å². The highest BCUT2D eigenvalue weighted by Gasteiger charge is 2.21. The molecule has 1 aliphatic rings. The monoisotopic (exact) mass is 355 g/mol. The molecule has 1 fully saturated rings. The summed E-state index contributed by atoms with van der Waals surface area (Å²) < 4.78 is 0. The lowest BCUT2D eigenvalue weighted by atomic mass is 9.99. The van der Waals surface area contributed by atoms with Crippen LogP contribution in [0.3, 0.4) is 0 Å². The molecule has 0 aromatic carbocycles. The van der Waals surface area contributed by atoms with Crippen LogP contribution < -0.4 is 16.4 Å². The van der Waals surface area contributed by atoms with Crippen molar-refractivity contribution in [1.82, 2.24) is 15.3 Å². The Bertz CT molecular complexity index is 693. The van der Waals surface area contributed by atoms with Crippen LogP contribution in [0.1, 0.15) is 23.3 Å². The lowest BCUT2D eigenvalue weighted by molar-refractivity contribution is -0.120. The van der Waals surface area contributed by atoms with Crippen LogP contribution in [0.5, 0.6) is 0 Å². The Morgan fingerprint density at radius 2 is 2.26 bits per heavy atom. The molecule has 1 aliphatic heterocycles. The molecule has 124 valence electrons. The van der Waals surface area contributed by atoms with E-state index in [2.05, 4.69) is 20.6 Å². The quantitative estimate of drug-likeness (QED) is 0.667. The van der Waals surface area contributed by atoms with E-state index < -0.39 is 5.91 Å². The molecule has 0 radical (unpaired) electrons. The number of thiazole rings is 1. The summed E-state index contributed by atoms with van der Waals surface area (Å²) in [4.78, 5) is 30.4. The second-order valence-electron chi connectivity index (χ2n) is 5.24. The highest BCUT2D eigenvalue weighted by atomic mass is 35.5. The maximum atomic E-state index is 12.2. The summed E-state index contributed by atoms with van der Waals surface area (Å²) in [5.41, 5.74) is 7.01. The smallest absolute Gasteiger partial charge is 0.265 e. The first-order chi connectivity index (χ1) is 10.6. The van der Waals surface area contributed by atoms with Crippen molar-refractivity contribution in [2.45, 2.75) is 12.8 Å². The van der Waals surface area contributed by atoms with Gasteiger partial charge in [0, 0.05) is 23.7 Å². The number of nitrogens with zero attached hydrogens (tertiary/aromatic N) is 1. The zero-order chi connectivity index (χ0) is 15.5. The SMILES string of the molecule is Cl.NC(=O)c1cc(-c2csc(NC(=O)C3CCCNC3)n2)c[nH]1. The minimum absolute atomic E-state index is 0. The molecule has 0 bridgehead atoms. The average molecular weight is 356 g/mol. The number of carbonyl (C=O) groups is 2. The first-order valence-corrected chi connectivity index (χ1v) is 7.97. The van der Waals surface area contributed by atoms with Crippen LogP contribution in [-0.2, 0) is 4.79 Å². The summed E-state index contributed by atoms with van der Waals surface area (Å²) in [5.74, 6) is -0.519. The molecule has 2 aromatic heterocycles. The van der Waals surface area contributed by atoms with Gasteiger partial charge in [0.15, 0.2) is 5.13 Å². The third-order valence-corrected chi connectivity index (χ3v) is 4.40. The van der Waals surface area contributed by atoms with E-state index in [1.165, 1.54) is 11.3 Å². The van der Waals surface area contributed by atoms with Gasteiger partial charge in [-0.25, -0.2) is 4.98 Å². The van der Waals surface area contributed by atoms with Crippen LogP contribution in [0, 0.1) is 5.92 Å². The molecule has 9 heteroatoms. The van der Waals surface area contributed by atoms with Crippen LogP contribution in [0.4, 0.5) is 5.13 Å². The van der Waals surface area contributed by atoms with Crippen LogP contribution in [0.25, 0.3) is 11.3 Å². The fourth-order valence-corrected chi connectivity index (χ4v) is 3.15. The first-order valence-electron chi connectivity index (χ1n) is 7.09. The largest absolute Gasteiger partial charge is 0.364 e. The number of primary amides is 1. The van der Waals surface area contributed by atoms with Gasteiger partial charge in [0.25, 0.3) is 5.91 Å². The lowest BCUT2D eigenvalue weighted by Gasteiger charge is -2.21. The van der Waals surface area contributed by atoms with Crippen molar-refractivity contribution < 1.29 is 9.59 Å². The molecule has 23 heavy (non-hydrogen) atoms. The Morgan fingerprint density at radius 1 is 1.43 bits per heavy atom. The molecule has 7 nitrogen and oxygen atoms in total. The van der Waals surface area contributed by atoms with Crippen LogP contribution in [0.15, 0.2) is 17.6 Å². The fourth-order valence-electron chi connectivity index (χ4n) is 2.43. The topological polar surface area (TPSA) is 113 Å². The standard InChI is InChI=1S/C14H17N5O2S.ClH/c15-12(20)10-4-9(6-17-10)11-7-22-14(18-11)19-13(21)8-2-1-3-16-5-8;/h4,6-8,16-17H,1-3,5H2,(H2,15,20)(H,18,19,21);1H. The molecule has 0 aliphatic carbocycles. The van der Waals surface area contributed by atoms with Gasteiger partial charge in [-0.3, -0.25) is 9.59 Å². The summed E-state index contributed by atoms with van der Waals surface area (Å²) in [7, 11) is 0. The van der Waals surface area contributed by atoms with E-state index in [9.17, 15) is 9.59 Å². The van der Waals surface area contributed by atoms with Crippen molar-refractivity contribution in [3.05, 3.63) is 23.3 Å². The third-order valence-electron chi connectivity index (χ3n) is 3.65. The Labute approximate surface area is 143 Å². The van der Waals surface area contributed by atoms with Gasteiger partial charge >= 0.3 is 0 Å². The number of anilines is 1. The fraction of sp³-hybridized carbons (Fsp3) is 0.357. The van der Waals surface area contributed by atoms with Crippen molar-refractivity contribution in [3.8, 4) is 11.3 Å². The van der Waals surface area contributed by atoms with E-state index in [0.717, 1.165) is 24.9 Å². The van der Waals surface area contributed by atoms with E-state index in [1.54, 1.807) is 12.3 Å². The zero-order valence-corrected chi connectivity index (χ0v) is 13.9. The van der Waals surface area contributed by atoms with Crippen molar-refractivity contribution in [2.24, 2.45) is 11.7 Å². The molecular weight excluding hydrogens is 338 g/mol. The van der Waals surface area contributed by atoms with Gasteiger partial charge < -0.3 is 21.4 Å². The van der Waals surface area contributed by atoms with Gasteiger partial charge in [-0.2, -0.15) is 0 Å². The van der Waals surface area contributed by atoms with Gasteiger partial charge in [-0.05, 0) is 25.5 Å². The predicted molar refractivity (Wildman–Crippen MR) is 91.9 cm³/mol. The molecule has 1 atom stereocenters. The summed E-state index contributed by atoms with van der Waals surface area (Å²) >= 11 is 1.36. The molecule has 0 saturated carbocycles. The number of aromatic amines is 1. The molecule has 2 aromatic rings. The maximum absolute atomic E-state index is 12.2. The van der Waals surface area contributed by atoms with Crippen molar-refractivity contribution in [3.63, 3.8) is 0 Å². The summed E-state index contributed by atoms with van der Waals surface area (Å²) in [5, 5.41) is 8.48. The molecule has 3 rings (SSSR count). The Balaban J connectivity index is 0.00000192. The molecule has 0 spiro atoms. The maximum Gasteiger partial charge on any atom is 0.265 e. The molecule has 3 heterocycles. The minimum atomic E-state index is -0.514. The summed E-state index contributed by atoms with van der Waals surface area (Å²) in [6.45, 7) is 1.69. The summed E-state index contributed by atoms with van der Waals surface area (Å²) in [6, 6.07) is 1.65. The number of piperidine rings is 1. The van der Waals surface area contributed by atoms with Gasteiger partial charge in [0.1, 0.15) is 5.69 Å². The van der Waals surface area contributed by atoms with E-state index in [0.29, 0.717) is 23.1 Å². The van der Waals surface area contributed by atoms with E-state index in [4.69, 9.17) is 5.73 Å². The predicted octanol–water partition coefficient (Wildman–Crippen LogP) is 1.60. The normalized spacial score (nSPS) is 17.3. The van der Waals surface area contributed by atoms with Crippen molar-refractivity contribution in [2.75, 3.05) is 18.4 Å². The number of nitrogens with one attached hydrogen (secondary N) is 3. The molecule has 1 saturated heterocycles. The van der Waals surface area contributed by atoms with Crippen molar-refractivity contribution >= 4 is 40.7 Å². The number of carbonyl (C=O) groups excluding carboxylic acids is 2. The highest BCUT2D eigenvalue weighted by Crippen LogP contribution is 2.26.